The highest BCUT2D eigenvalue weighted by molar-refractivity contribution is 7.91. The molecule has 1 aliphatic rings. The Bertz CT molecular complexity index is 522. The van der Waals surface area contributed by atoms with Crippen LogP contribution in [0, 0.1) is 0 Å². The van der Waals surface area contributed by atoms with E-state index in [0.717, 1.165) is 50.3 Å². The molecular weight excluding hydrogens is 308 g/mol. The highest BCUT2D eigenvalue weighted by Crippen LogP contribution is 2.22. The van der Waals surface area contributed by atoms with Crippen molar-refractivity contribution in [1.82, 2.24) is 10.0 Å². The van der Waals surface area contributed by atoms with E-state index in [1.807, 2.05) is 6.07 Å². The fourth-order valence-electron chi connectivity index (χ4n) is 2.26. The van der Waals surface area contributed by atoms with Crippen LogP contribution < -0.4 is 10.0 Å². The van der Waals surface area contributed by atoms with E-state index >= 15 is 0 Å². The van der Waals surface area contributed by atoms with Gasteiger partial charge in [0.1, 0.15) is 4.21 Å². The summed E-state index contributed by atoms with van der Waals surface area (Å²) in [6.07, 6.45) is 3.73. The van der Waals surface area contributed by atoms with Crippen LogP contribution >= 0.6 is 11.3 Å². The van der Waals surface area contributed by atoms with E-state index in [4.69, 9.17) is 4.74 Å². The van der Waals surface area contributed by atoms with Crippen LogP contribution in [0.5, 0.6) is 0 Å². The maximum Gasteiger partial charge on any atom is 0.250 e. The summed E-state index contributed by atoms with van der Waals surface area (Å²) in [6.45, 7) is 5.21. The van der Waals surface area contributed by atoms with Crippen molar-refractivity contribution in [3.8, 4) is 0 Å². The number of hydrogen-bond acceptors (Lipinski definition) is 5. The van der Waals surface area contributed by atoms with E-state index in [9.17, 15) is 8.42 Å². The minimum absolute atomic E-state index is 0.0967. The molecule has 21 heavy (non-hydrogen) atoms. The fourth-order valence-corrected chi connectivity index (χ4v) is 4.89. The van der Waals surface area contributed by atoms with E-state index < -0.39 is 10.0 Å². The van der Waals surface area contributed by atoms with Gasteiger partial charge in [-0.3, -0.25) is 0 Å². The van der Waals surface area contributed by atoms with Gasteiger partial charge in [-0.1, -0.05) is 6.92 Å². The molecule has 7 heteroatoms. The Hall–Kier alpha value is -0.470. The predicted octanol–water partition coefficient (Wildman–Crippen LogP) is 1.75. The zero-order valence-corrected chi connectivity index (χ0v) is 14.1. The summed E-state index contributed by atoms with van der Waals surface area (Å²) >= 11 is 1.36. The molecular formula is C14H24N2O3S2. The third kappa shape index (κ3) is 5.34. The molecule has 1 aliphatic heterocycles. The van der Waals surface area contributed by atoms with Gasteiger partial charge < -0.3 is 10.1 Å². The molecule has 0 saturated carbocycles. The molecule has 0 spiro atoms. The van der Waals surface area contributed by atoms with Crippen molar-refractivity contribution in [2.45, 2.75) is 42.9 Å². The molecule has 1 unspecified atom stereocenters. The summed E-state index contributed by atoms with van der Waals surface area (Å²) in [7, 11) is -3.41. The maximum absolute atomic E-state index is 12.3. The molecule has 0 bridgehead atoms. The minimum atomic E-state index is -3.41. The molecule has 2 N–H and O–H groups in total. The Kier molecular flexibility index (Phi) is 6.63. The highest BCUT2D eigenvalue weighted by Gasteiger charge is 2.23. The van der Waals surface area contributed by atoms with Gasteiger partial charge in [-0.2, -0.15) is 0 Å². The third-order valence-corrected chi connectivity index (χ3v) is 6.52. The molecule has 1 aromatic heterocycles. The predicted molar refractivity (Wildman–Crippen MR) is 85.3 cm³/mol. The normalized spacial score (nSPS) is 19.8. The first-order chi connectivity index (χ1) is 10.1. The second-order valence-corrected chi connectivity index (χ2v) is 8.37. The SMILES string of the molecule is CCCNCCc1ccc(S(=O)(=O)NC2CCCOC2)s1. The molecule has 0 radical (unpaired) electrons. The molecule has 1 fully saturated rings. The maximum atomic E-state index is 12.3. The summed E-state index contributed by atoms with van der Waals surface area (Å²) in [5, 5.41) is 3.32. The quantitative estimate of drug-likeness (QED) is 0.712. The van der Waals surface area contributed by atoms with E-state index in [1.54, 1.807) is 6.07 Å². The van der Waals surface area contributed by atoms with Crippen LogP contribution in [0.1, 0.15) is 31.1 Å². The Morgan fingerprint density at radius 2 is 2.24 bits per heavy atom. The Labute approximate surface area is 131 Å². The van der Waals surface area contributed by atoms with Crippen LogP contribution in [-0.2, 0) is 21.2 Å². The van der Waals surface area contributed by atoms with Crippen molar-refractivity contribution in [3.05, 3.63) is 17.0 Å². The zero-order chi connectivity index (χ0) is 15.1. The topological polar surface area (TPSA) is 67.4 Å². The van der Waals surface area contributed by atoms with Crippen molar-refractivity contribution in [1.29, 1.82) is 0 Å². The van der Waals surface area contributed by atoms with Gasteiger partial charge in [0, 0.05) is 17.5 Å². The summed E-state index contributed by atoms with van der Waals surface area (Å²) < 4.78 is 33.1. The molecule has 5 nitrogen and oxygen atoms in total. The largest absolute Gasteiger partial charge is 0.380 e. The molecule has 0 aromatic carbocycles. The van der Waals surface area contributed by atoms with Crippen LogP contribution in [-0.4, -0.2) is 40.8 Å². The van der Waals surface area contributed by atoms with Gasteiger partial charge in [-0.05, 0) is 50.9 Å². The first kappa shape index (κ1) is 16.9. The first-order valence-corrected chi connectivity index (χ1v) is 9.81. The van der Waals surface area contributed by atoms with Crippen LogP contribution in [0.4, 0.5) is 0 Å². The lowest BCUT2D eigenvalue weighted by Gasteiger charge is -2.22. The molecule has 120 valence electrons. The first-order valence-electron chi connectivity index (χ1n) is 7.51. The van der Waals surface area contributed by atoms with Crippen LogP contribution in [0.2, 0.25) is 0 Å². The lowest BCUT2D eigenvalue weighted by molar-refractivity contribution is 0.0774. The van der Waals surface area contributed by atoms with Crippen molar-refractivity contribution in [2.24, 2.45) is 0 Å². The van der Waals surface area contributed by atoms with E-state index in [0.29, 0.717) is 10.8 Å². The van der Waals surface area contributed by atoms with Crippen LogP contribution in [0.15, 0.2) is 16.3 Å². The molecule has 2 heterocycles. The summed E-state index contributed by atoms with van der Waals surface area (Å²) in [5.41, 5.74) is 0. The lowest BCUT2D eigenvalue weighted by atomic mass is 10.1. The second-order valence-electron chi connectivity index (χ2n) is 5.26. The average molecular weight is 332 g/mol. The average Bonchev–Trinajstić information content (AvgIpc) is 2.94. The van der Waals surface area contributed by atoms with Crippen LogP contribution in [0.25, 0.3) is 0 Å². The Morgan fingerprint density at radius 3 is 2.95 bits per heavy atom. The van der Waals surface area contributed by atoms with E-state index in [2.05, 4.69) is 17.0 Å². The van der Waals surface area contributed by atoms with Gasteiger partial charge in [-0.15, -0.1) is 11.3 Å². The number of sulfonamides is 1. The smallest absolute Gasteiger partial charge is 0.250 e. The lowest BCUT2D eigenvalue weighted by Crippen LogP contribution is -2.40. The minimum Gasteiger partial charge on any atom is -0.380 e. The number of hydrogen-bond donors (Lipinski definition) is 2. The number of ether oxygens (including phenoxy) is 1. The van der Waals surface area contributed by atoms with E-state index in [1.165, 1.54) is 11.3 Å². The Morgan fingerprint density at radius 1 is 1.38 bits per heavy atom. The third-order valence-electron chi connectivity index (χ3n) is 3.36. The van der Waals surface area contributed by atoms with Gasteiger partial charge in [0.2, 0.25) is 10.0 Å². The van der Waals surface area contributed by atoms with Gasteiger partial charge in [0.05, 0.1) is 6.61 Å². The molecule has 1 atom stereocenters. The molecule has 1 saturated heterocycles. The number of nitrogens with one attached hydrogen (secondary N) is 2. The standard InChI is InChI=1S/C14H24N2O3S2/c1-2-8-15-9-7-13-5-6-14(20-13)21(17,18)16-12-4-3-10-19-11-12/h5-6,12,15-16H,2-4,7-11H2,1H3. The van der Waals surface area contributed by atoms with Crippen molar-refractivity contribution < 1.29 is 13.2 Å². The molecule has 1 aromatic rings. The second kappa shape index (κ2) is 8.24. The van der Waals surface area contributed by atoms with Crippen molar-refractivity contribution in [3.63, 3.8) is 0 Å². The molecule has 2 rings (SSSR count). The van der Waals surface area contributed by atoms with Crippen molar-refractivity contribution in [2.75, 3.05) is 26.3 Å². The van der Waals surface area contributed by atoms with Gasteiger partial charge in [-0.25, -0.2) is 13.1 Å². The van der Waals surface area contributed by atoms with Gasteiger partial charge >= 0.3 is 0 Å². The monoisotopic (exact) mass is 332 g/mol. The molecule has 0 aliphatic carbocycles. The van der Waals surface area contributed by atoms with E-state index in [-0.39, 0.29) is 6.04 Å². The van der Waals surface area contributed by atoms with Gasteiger partial charge in [0.15, 0.2) is 0 Å². The summed E-state index contributed by atoms with van der Waals surface area (Å²) in [5.74, 6) is 0. The van der Waals surface area contributed by atoms with Crippen molar-refractivity contribution >= 4 is 21.4 Å². The fraction of sp³-hybridized carbons (Fsp3) is 0.714. The van der Waals surface area contributed by atoms with Crippen LogP contribution in [0.3, 0.4) is 0 Å². The molecule has 0 amide bonds. The Balaban J connectivity index is 1.89. The number of thiophene rings is 1. The summed E-state index contributed by atoms with van der Waals surface area (Å²) in [4.78, 5) is 1.10. The zero-order valence-electron chi connectivity index (χ0n) is 12.4. The highest BCUT2D eigenvalue weighted by atomic mass is 32.2. The van der Waals surface area contributed by atoms with Gasteiger partial charge in [0.25, 0.3) is 0 Å². The summed E-state index contributed by atoms with van der Waals surface area (Å²) in [6, 6.07) is 3.51. The number of rotatable bonds is 8.